The van der Waals surface area contributed by atoms with Crippen LogP contribution in [0.25, 0.3) is 11.6 Å². The maximum atomic E-state index is 4.33. The summed E-state index contributed by atoms with van der Waals surface area (Å²) in [6, 6.07) is 19.0. The number of allylic oxidation sites excluding steroid dienone is 3. The molecule has 1 saturated carbocycles. The second-order valence-electron chi connectivity index (χ2n) is 8.20. The van der Waals surface area contributed by atoms with Crippen molar-refractivity contribution in [1.29, 1.82) is 0 Å². The van der Waals surface area contributed by atoms with Crippen molar-refractivity contribution in [3.8, 4) is 0 Å². The minimum Gasteiger partial charge on any atom is -0.372 e. The number of hydrogen-bond donors (Lipinski definition) is 0. The number of hydrogen-bond acceptors (Lipinski definition) is 3. The predicted molar refractivity (Wildman–Crippen MR) is 128 cm³/mol. The van der Waals surface area contributed by atoms with Crippen molar-refractivity contribution in [3.05, 3.63) is 95.8 Å². The van der Waals surface area contributed by atoms with Crippen LogP contribution >= 0.6 is 0 Å². The van der Waals surface area contributed by atoms with Crippen molar-refractivity contribution in [2.24, 2.45) is 10.9 Å². The van der Waals surface area contributed by atoms with Gasteiger partial charge in [0.05, 0.1) is 0 Å². The Kier molecular flexibility index (Phi) is 6.60. The van der Waals surface area contributed by atoms with Crippen LogP contribution in [0.3, 0.4) is 0 Å². The van der Waals surface area contributed by atoms with Gasteiger partial charge in [0.15, 0.2) is 0 Å². The number of aliphatic imine (C=N–C) groups is 1. The first-order valence-electron chi connectivity index (χ1n) is 10.9. The molecule has 0 radical (unpaired) electrons. The molecule has 30 heavy (non-hydrogen) atoms. The van der Waals surface area contributed by atoms with Crippen LogP contribution in [0.2, 0.25) is 0 Å². The summed E-state index contributed by atoms with van der Waals surface area (Å²) in [4.78, 5) is 9.12. The summed E-state index contributed by atoms with van der Waals surface area (Å²) in [5.74, 6) is 0.757. The molecule has 2 aromatic carbocycles. The SMILES string of the molecule is C=N/C=C(/C=C/c1ccccc1)c1ccccc1CN1CCN(C(=C)C2CC2)CC1. The molecule has 3 nitrogen and oxygen atoms in total. The lowest BCUT2D eigenvalue weighted by Gasteiger charge is -2.37. The van der Waals surface area contributed by atoms with E-state index in [0.29, 0.717) is 0 Å². The molecule has 1 aliphatic heterocycles. The summed E-state index contributed by atoms with van der Waals surface area (Å²) in [6.45, 7) is 13.3. The summed E-state index contributed by atoms with van der Waals surface area (Å²) in [6.07, 6.45) is 8.79. The highest BCUT2D eigenvalue weighted by molar-refractivity contribution is 5.80. The first-order valence-corrected chi connectivity index (χ1v) is 10.9. The van der Waals surface area contributed by atoms with Crippen LogP contribution in [0, 0.1) is 5.92 Å². The molecule has 154 valence electrons. The van der Waals surface area contributed by atoms with E-state index in [0.717, 1.165) is 44.2 Å². The number of rotatable bonds is 8. The van der Waals surface area contributed by atoms with Gasteiger partial charge < -0.3 is 4.90 Å². The Morgan fingerprint density at radius 3 is 2.37 bits per heavy atom. The topological polar surface area (TPSA) is 18.8 Å². The number of nitrogens with zero attached hydrogens (tertiary/aromatic N) is 3. The third-order valence-electron chi connectivity index (χ3n) is 6.03. The van der Waals surface area contributed by atoms with Crippen LogP contribution in [0.4, 0.5) is 0 Å². The largest absolute Gasteiger partial charge is 0.372 e. The smallest absolute Gasteiger partial charge is 0.0339 e. The molecule has 1 heterocycles. The van der Waals surface area contributed by atoms with Crippen LogP contribution in [-0.4, -0.2) is 42.7 Å². The molecule has 0 amide bonds. The van der Waals surface area contributed by atoms with Crippen molar-refractivity contribution in [1.82, 2.24) is 9.80 Å². The zero-order chi connectivity index (χ0) is 20.8. The van der Waals surface area contributed by atoms with Crippen LogP contribution in [0.5, 0.6) is 0 Å². The Morgan fingerprint density at radius 1 is 0.967 bits per heavy atom. The van der Waals surface area contributed by atoms with Crippen LogP contribution in [0.15, 0.2) is 84.1 Å². The standard InChI is InChI=1S/C27H31N3/c1-22(24-14-15-24)30-18-16-29(17-19-30)21-26-10-6-7-11-27(26)25(20-28-2)13-12-23-8-4-3-5-9-23/h3-13,20,24H,1-2,14-19,21H2/b13-12+,25-20-. The molecular weight excluding hydrogens is 366 g/mol. The maximum absolute atomic E-state index is 4.33. The van der Waals surface area contributed by atoms with E-state index in [1.54, 1.807) is 0 Å². The summed E-state index contributed by atoms with van der Waals surface area (Å²) >= 11 is 0. The minimum absolute atomic E-state index is 0.757. The van der Waals surface area contributed by atoms with E-state index in [-0.39, 0.29) is 0 Å². The van der Waals surface area contributed by atoms with E-state index in [4.69, 9.17) is 0 Å². The van der Waals surface area contributed by atoms with E-state index in [9.17, 15) is 0 Å². The van der Waals surface area contributed by atoms with Gasteiger partial charge in [0.1, 0.15) is 0 Å². The van der Waals surface area contributed by atoms with Crippen molar-refractivity contribution in [2.75, 3.05) is 26.2 Å². The minimum atomic E-state index is 0.757. The average Bonchev–Trinajstić information content (AvgIpc) is 3.63. The Bertz CT molecular complexity index is 930. The first kappa shape index (κ1) is 20.4. The second-order valence-corrected chi connectivity index (χ2v) is 8.20. The molecular formula is C27H31N3. The van der Waals surface area contributed by atoms with Gasteiger partial charge in [-0.15, -0.1) is 0 Å². The fourth-order valence-corrected chi connectivity index (χ4v) is 4.10. The normalized spacial score (nSPS) is 18.0. The van der Waals surface area contributed by atoms with Gasteiger partial charge in [-0.2, -0.15) is 0 Å². The third-order valence-corrected chi connectivity index (χ3v) is 6.03. The molecule has 0 bridgehead atoms. The van der Waals surface area contributed by atoms with Crippen LogP contribution < -0.4 is 0 Å². The van der Waals surface area contributed by atoms with E-state index in [2.05, 4.69) is 88.8 Å². The summed E-state index contributed by atoms with van der Waals surface area (Å²) < 4.78 is 0. The van der Waals surface area contributed by atoms with Crippen molar-refractivity contribution in [3.63, 3.8) is 0 Å². The molecule has 2 aliphatic rings. The molecule has 3 heteroatoms. The highest BCUT2D eigenvalue weighted by atomic mass is 15.3. The zero-order valence-corrected chi connectivity index (χ0v) is 17.7. The molecule has 0 spiro atoms. The Hall–Kier alpha value is -2.91. The fourth-order valence-electron chi connectivity index (χ4n) is 4.10. The third kappa shape index (κ3) is 5.17. The van der Waals surface area contributed by atoms with Gasteiger partial charge in [0.25, 0.3) is 0 Å². The Labute approximate surface area is 180 Å². The van der Waals surface area contributed by atoms with Crippen molar-refractivity contribution >= 4 is 18.4 Å². The molecule has 0 unspecified atom stereocenters. The van der Waals surface area contributed by atoms with Gasteiger partial charge in [0.2, 0.25) is 0 Å². The quantitative estimate of drug-likeness (QED) is 0.434. The Morgan fingerprint density at radius 2 is 1.67 bits per heavy atom. The van der Waals surface area contributed by atoms with E-state index in [1.807, 2.05) is 12.3 Å². The van der Waals surface area contributed by atoms with Gasteiger partial charge in [-0.1, -0.05) is 73.3 Å². The van der Waals surface area contributed by atoms with Gasteiger partial charge in [-0.25, -0.2) is 0 Å². The van der Waals surface area contributed by atoms with Crippen LogP contribution in [0.1, 0.15) is 29.5 Å². The summed E-state index contributed by atoms with van der Waals surface area (Å²) in [5.41, 5.74) is 6.19. The van der Waals surface area contributed by atoms with E-state index < -0.39 is 0 Å². The molecule has 0 aromatic heterocycles. The lowest BCUT2D eigenvalue weighted by atomic mass is 9.98. The van der Waals surface area contributed by atoms with Gasteiger partial charge >= 0.3 is 0 Å². The van der Waals surface area contributed by atoms with Crippen LogP contribution in [-0.2, 0) is 6.54 Å². The molecule has 2 fully saturated rings. The highest BCUT2D eigenvalue weighted by Gasteiger charge is 2.29. The van der Waals surface area contributed by atoms with Gasteiger partial charge in [0, 0.05) is 50.2 Å². The molecule has 0 atom stereocenters. The zero-order valence-electron chi connectivity index (χ0n) is 17.7. The molecule has 0 N–H and O–H groups in total. The predicted octanol–water partition coefficient (Wildman–Crippen LogP) is 5.48. The number of piperazine rings is 1. The van der Waals surface area contributed by atoms with Gasteiger partial charge in [-0.3, -0.25) is 9.89 Å². The second kappa shape index (κ2) is 9.73. The average molecular weight is 398 g/mol. The highest BCUT2D eigenvalue weighted by Crippen LogP contribution is 2.37. The summed E-state index contributed by atoms with van der Waals surface area (Å²) in [7, 11) is 0. The van der Waals surface area contributed by atoms with Crippen molar-refractivity contribution < 1.29 is 0 Å². The van der Waals surface area contributed by atoms with Gasteiger partial charge in [-0.05, 0) is 42.2 Å². The lowest BCUT2D eigenvalue weighted by molar-refractivity contribution is 0.148. The molecule has 1 saturated heterocycles. The van der Waals surface area contributed by atoms with E-state index in [1.165, 1.54) is 35.2 Å². The maximum Gasteiger partial charge on any atom is 0.0339 e. The lowest BCUT2D eigenvalue weighted by Crippen LogP contribution is -2.45. The molecule has 2 aromatic rings. The molecule has 1 aliphatic carbocycles. The monoisotopic (exact) mass is 397 g/mol. The first-order chi connectivity index (χ1) is 14.7. The Balaban J connectivity index is 1.46. The fraction of sp³-hybridized carbons (Fsp3) is 0.296. The van der Waals surface area contributed by atoms with E-state index >= 15 is 0 Å². The number of benzene rings is 2. The summed E-state index contributed by atoms with van der Waals surface area (Å²) in [5, 5.41) is 0. The molecule has 4 rings (SSSR count). The van der Waals surface area contributed by atoms with Crippen molar-refractivity contribution in [2.45, 2.75) is 19.4 Å².